The molecule has 0 aromatic carbocycles. The third-order valence-corrected chi connectivity index (χ3v) is 0. The summed E-state index contributed by atoms with van der Waals surface area (Å²) in [4.78, 5) is 0. The van der Waals surface area contributed by atoms with E-state index in [9.17, 15) is 0 Å². The molecule has 0 aromatic heterocycles. The molecule has 0 atom stereocenters. The van der Waals surface area contributed by atoms with Gasteiger partial charge in [0.25, 0.3) is 0 Å². The third-order valence-electron chi connectivity index (χ3n) is 0. The van der Waals surface area contributed by atoms with Crippen LogP contribution in [0.25, 0.3) is 0 Å². The number of rotatable bonds is 0. The molecule has 0 fully saturated rings. The number of hydrogen-bond donors (Lipinski definition) is 0. The van der Waals surface area contributed by atoms with Crippen molar-refractivity contribution in [2.24, 2.45) is 0 Å². The molecule has 0 rings (SSSR count). The van der Waals surface area contributed by atoms with Crippen molar-refractivity contribution in [3.8, 4) is 0 Å². The molecule has 0 aliphatic heterocycles. The molecule has 0 aliphatic rings. The maximum Gasteiger partial charge on any atom is 1.00 e. The van der Waals surface area contributed by atoms with Gasteiger partial charge in [-0.1, -0.05) is 13.8 Å². The summed E-state index contributed by atoms with van der Waals surface area (Å²) in [6.07, 6.45) is 2.00. The first-order valence-corrected chi connectivity index (χ1v) is 2.41. The van der Waals surface area contributed by atoms with Crippen LogP contribution in [0.3, 0.4) is 0 Å². The zero-order chi connectivity index (χ0) is 5.41. The Morgan fingerprint density at radius 1 is 1.00 bits per heavy atom. The second-order valence-corrected chi connectivity index (χ2v) is 1.000. The van der Waals surface area contributed by atoms with Gasteiger partial charge in [0.15, 0.2) is 0 Å². The van der Waals surface area contributed by atoms with E-state index in [0.29, 0.717) is 0 Å². The van der Waals surface area contributed by atoms with Gasteiger partial charge in [-0.2, -0.15) is 12.8 Å². The van der Waals surface area contributed by atoms with E-state index in [1.807, 2.05) is 13.8 Å². The molecule has 0 nitrogen and oxygen atoms in total. The molecule has 0 spiro atoms. The minimum Gasteiger partial charge on any atom is -0.344 e. The SMILES string of the molecule is [CH2-]CC.[CH2-]CC.[Cu+].[Li+]. The van der Waals surface area contributed by atoms with Crippen molar-refractivity contribution in [3.63, 3.8) is 0 Å². The van der Waals surface area contributed by atoms with Crippen LogP contribution in [-0.2, 0) is 17.1 Å². The summed E-state index contributed by atoms with van der Waals surface area (Å²) < 4.78 is 0. The molecule has 2 heteroatoms. The summed E-state index contributed by atoms with van der Waals surface area (Å²) in [6.45, 7) is 11.0. The predicted octanol–water partition coefficient (Wildman–Crippen LogP) is -0.538. The molecule has 0 heterocycles. The quantitative estimate of drug-likeness (QED) is 0.327. The molecular formula is C6H14CuLi. The van der Waals surface area contributed by atoms with Crippen molar-refractivity contribution in [1.82, 2.24) is 0 Å². The first-order valence-electron chi connectivity index (χ1n) is 2.41. The smallest absolute Gasteiger partial charge is 0.344 e. The Morgan fingerprint density at radius 3 is 1.00 bits per heavy atom. The molecule has 0 N–H and O–H groups in total. The van der Waals surface area contributed by atoms with Gasteiger partial charge >= 0.3 is 35.9 Å². The van der Waals surface area contributed by atoms with E-state index in [4.69, 9.17) is 0 Å². The molecule has 8 heavy (non-hydrogen) atoms. The summed E-state index contributed by atoms with van der Waals surface area (Å²) >= 11 is 0. The molecule has 0 aromatic rings. The van der Waals surface area contributed by atoms with Crippen LogP contribution in [0.4, 0.5) is 0 Å². The molecule has 0 saturated carbocycles. The van der Waals surface area contributed by atoms with Crippen LogP contribution in [0.5, 0.6) is 0 Å². The van der Waals surface area contributed by atoms with E-state index in [2.05, 4.69) is 13.8 Å². The zero-order valence-corrected chi connectivity index (χ0v) is 7.07. The summed E-state index contributed by atoms with van der Waals surface area (Å²) in [5.74, 6) is 0. The van der Waals surface area contributed by atoms with Gasteiger partial charge in [-0.05, 0) is 0 Å². The van der Waals surface area contributed by atoms with Gasteiger partial charge in [-0.3, -0.25) is 0 Å². The Morgan fingerprint density at radius 2 is 1.00 bits per heavy atom. The normalized spacial score (nSPS) is 4.50. The van der Waals surface area contributed by atoms with Gasteiger partial charge in [-0.15, -0.1) is 0 Å². The Bertz CT molecular complexity index is 10.5. The Kier molecular flexibility index (Phi) is 121. The Hall–Kier alpha value is 1.12. The topological polar surface area (TPSA) is 0 Å². The number of hydrogen-bond acceptors (Lipinski definition) is 0. The average Bonchev–Trinajstić information content (AvgIpc) is 1.39. The second-order valence-electron chi connectivity index (χ2n) is 1.000. The van der Waals surface area contributed by atoms with Gasteiger partial charge in [0, 0.05) is 0 Å². The van der Waals surface area contributed by atoms with E-state index in [-0.39, 0.29) is 35.9 Å². The predicted molar refractivity (Wildman–Crippen MR) is 31.3 cm³/mol. The first kappa shape index (κ1) is 22.9. The minimum absolute atomic E-state index is 0. The van der Waals surface area contributed by atoms with Crippen LogP contribution < -0.4 is 18.9 Å². The maximum absolute atomic E-state index is 3.49. The Balaban J connectivity index is -0.0000000160. The molecule has 50 valence electrons. The van der Waals surface area contributed by atoms with Gasteiger partial charge in [0.1, 0.15) is 0 Å². The van der Waals surface area contributed by atoms with Crippen molar-refractivity contribution in [1.29, 1.82) is 0 Å². The van der Waals surface area contributed by atoms with Crippen LogP contribution in [0.15, 0.2) is 0 Å². The summed E-state index contributed by atoms with van der Waals surface area (Å²) in [5, 5.41) is 0. The largest absolute Gasteiger partial charge is 1.00 e. The van der Waals surface area contributed by atoms with Gasteiger partial charge in [0.2, 0.25) is 0 Å². The maximum atomic E-state index is 3.49. The molecule has 0 unspecified atom stereocenters. The summed E-state index contributed by atoms with van der Waals surface area (Å²) in [5.41, 5.74) is 0. The second kappa shape index (κ2) is 42.3. The van der Waals surface area contributed by atoms with Crippen molar-refractivity contribution >= 4 is 0 Å². The zero-order valence-electron chi connectivity index (χ0n) is 6.13. The molecule has 0 bridgehead atoms. The van der Waals surface area contributed by atoms with Crippen molar-refractivity contribution < 1.29 is 35.9 Å². The van der Waals surface area contributed by atoms with Crippen LogP contribution in [0.1, 0.15) is 26.7 Å². The van der Waals surface area contributed by atoms with Gasteiger partial charge in [-0.25, -0.2) is 0 Å². The molecule has 0 aliphatic carbocycles. The van der Waals surface area contributed by atoms with Crippen LogP contribution in [0, 0.1) is 13.8 Å². The standard InChI is InChI=1S/2C3H7.Cu.Li/c2*1-3-2;;/h2*1,3H2,2H3;;/q2*-1;2*+1. The van der Waals surface area contributed by atoms with E-state index >= 15 is 0 Å². The van der Waals surface area contributed by atoms with Crippen molar-refractivity contribution in [3.05, 3.63) is 13.8 Å². The molecule has 0 saturated heterocycles. The fourth-order valence-electron chi connectivity index (χ4n) is 0. The van der Waals surface area contributed by atoms with Crippen molar-refractivity contribution in [2.45, 2.75) is 26.7 Å². The fourth-order valence-corrected chi connectivity index (χ4v) is 0. The van der Waals surface area contributed by atoms with E-state index in [1.165, 1.54) is 0 Å². The van der Waals surface area contributed by atoms with Gasteiger partial charge < -0.3 is 13.8 Å². The van der Waals surface area contributed by atoms with Gasteiger partial charge in [0.05, 0.1) is 0 Å². The fraction of sp³-hybridized carbons (Fsp3) is 0.667. The Labute approximate surface area is 76.5 Å². The van der Waals surface area contributed by atoms with Crippen molar-refractivity contribution in [2.75, 3.05) is 0 Å². The molecular weight excluding hydrogens is 143 g/mol. The van der Waals surface area contributed by atoms with E-state index < -0.39 is 0 Å². The third kappa shape index (κ3) is 213. The summed E-state index contributed by atoms with van der Waals surface area (Å²) in [7, 11) is 0. The van der Waals surface area contributed by atoms with Crippen LogP contribution in [-0.4, -0.2) is 0 Å². The van der Waals surface area contributed by atoms with E-state index in [1.54, 1.807) is 0 Å². The van der Waals surface area contributed by atoms with Crippen LogP contribution in [0.2, 0.25) is 0 Å². The average molecular weight is 157 g/mol. The van der Waals surface area contributed by atoms with Crippen LogP contribution >= 0.6 is 0 Å². The molecule has 0 amide bonds. The van der Waals surface area contributed by atoms with E-state index in [0.717, 1.165) is 12.8 Å². The minimum atomic E-state index is 0. The monoisotopic (exact) mass is 156 g/mol. The summed E-state index contributed by atoms with van der Waals surface area (Å²) in [6, 6.07) is 0. The first-order chi connectivity index (χ1) is 2.83. The molecule has 0 radical (unpaired) electrons.